The lowest BCUT2D eigenvalue weighted by atomic mass is 9.97. The molecule has 3 rings (SSSR count). The van der Waals surface area contributed by atoms with Gasteiger partial charge in [-0.25, -0.2) is 13.2 Å². The van der Waals surface area contributed by atoms with Gasteiger partial charge in [0.25, 0.3) is 0 Å². The van der Waals surface area contributed by atoms with Crippen molar-refractivity contribution in [2.24, 2.45) is 0 Å². The Morgan fingerprint density at radius 3 is 2.07 bits per heavy atom. The van der Waals surface area contributed by atoms with Crippen LogP contribution >= 0.6 is 0 Å². The average Bonchev–Trinajstić information content (AvgIpc) is 2.97. The molecule has 2 aliphatic heterocycles. The number of sulfonamides is 1. The summed E-state index contributed by atoms with van der Waals surface area (Å²) >= 11 is 0. The van der Waals surface area contributed by atoms with Gasteiger partial charge in [0.05, 0.1) is 10.6 Å². The Bertz CT molecular complexity index is 913. The molecule has 0 bridgehead atoms. The van der Waals surface area contributed by atoms with E-state index in [-0.39, 0.29) is 16.8 Å². The molecular weight excluding hydrogens is 406 g/mol. The van der Waals surface area contributed by atoms with Gasteiger partial charge in [0.2, 0.25) is 10.0 Å². The minimum Gasteiger partial charge on any atom is -0.444 e. The Kier molecular flexibility index (Phi) is 6.01. The van der Waals surface area contributed by atoms with E-state index in [1.807, 2.05) is 27.8 Å². The molecule has 166 valence electrons. The molecule has 0 N–H and O–H groups in total. The number of carbonyl (C=O) groups is 2. The average molecular weight is 438 g/mol. The van der Waals surface area contributed by atoms with Crippen LogP contribution in [-0.4, -0.2) is 78.9 Å². The number of carbonyl (C=O) groups excluding carboxylic acids is 2. The van der Waals surface area contributed by atoms with Gasteiger partial charge in [0.1, 0.15) is 5.60 Å². The number of rotatable bonds is 3. The number of nitrogens with zero attached hydrogens (tertiary/aromatic N) is 3. The van der Waals surface area contributed by atoms with E-state index in [4.69, 9.17) is 4.74 Å². The smallest absolute Gasteiger partial charge is 0.410 e. The van der Waals surface area contributed by atoms with Crippen LogP contribution in [0.3, 0.4) is 0 Å². The van der Waals surface area contributed by atoms with Crippen LogP contribution in [0.5, 0.6) is 0 Å². The van der Waals surface area contributed by atoms with Crippen LogP contribution in [0.2, 0.25) is 0 Å². The van der Waals surface area contributed by atoms with Crippen LogP contribution in [0.15, 0.2) is 29.2 Å². The van der Waals surface area contributed by atoms with Crippen LogP contribution in [0.4, 0.5) is 4.79 Å². The molecule has 1 aromatic carbocycles. The van der Waals surface area contributed by atoms with Crippen molar-refractivity contribution in [3.8, 4) is 0 Å². The molecular formula is C21H31N3O5S. The second-order valence-corrected chi connectivity index (χ2v) is 10.9. The van der Waals surface area contributed by atoms with Crippen molar-refractivity contribution in [2.45, 2.75) is 56.7 Å². The quantitative estimate of drug-likeness (QED) is 0.676. The predicted octanol–water partition coefficient (Wildman–Crippen LogP) is 2.55. The Hall–Kier alpha value is -1.97. The van der Waals surface area contributed by atoms with Gasteiger partial charge in [-0.15, -0.1) is 0 Å². The van der Waals surface area contributed by atoms with Gasteiger partial charge in [-0.05, 0) is 59.7 Å². The Morgan fingerprint density at radius 1 is 1.00 bits per heavy atom. The van der Waals surface area contributed by atoms with Crippen LogP contribution in [0, 0.1) is 0 Å². The number of Topliss-reactive ketones (excluding diaryl/α,β-unsaturated/α-hetero) is 1. The van der Waals surface area contributed by atoms with Crippen LogP contribution in [0.1, 0.15) is 50.9 Å². The van der Waals surface area contributed by atoms with E-state index in [1.165, 1.54) is 19.1 Å². The van der Waals surface area contributed by atoms with E-state index in [0.29, 0.717) is 44.6 Å². The summed E-state index contributed by atoms with van der Waals surface area (Å²) in [5.41, 5.74) is -0.762. The summed E-state index contributed by atoms with van der Waals surface area (Å²) in [4.78, 5) is 27.8. The highest BCUT2D eigenvalue weighted by Gasteiger charge is 2.53. The van der Waals surface area contributed by atoms with Gasteiger partial charge in [0.15, 0.2) is 5.78 Å². The van der Waals surface area contributed by atoms with Crippen molar-refractivity contribution in [1.82, 2.24) is 14.1 Å². The number of likely N-dealkylation sites (N-methyl/N-ethyl adjacent to an activating group) is 1. The topological polar surface area (TPSA) is 87.2 Å². The molecule has 0 aliphatic carbocycles. The normalized spacial score (nSPS) is 20.5. The number of likely N-dealkylation sites (tertiary alicyclic amines) is 1. The summed E-state index contributed by atoms with van der Waals surface area (Å²) < 4.78 is 33.9. The Labute approximate surface area is 178 Å². The molecule has 2 heterocycles. The minimum absolute atomic E-state index is 0.106. The SMILES string of the molecule is CC(=O)c1ccc(S(=O)(=O)N2CCN(C)C23CCN(C(=O)OC(C)(C)C)CC3)cc1. The number of hydrogen-bond acceptors (Lipinski definition) is 6. The largest absolute Gasteiger partial charge is 0.444 e. The van der Waals surface area contributed by atoms with Gasteiger partial charge in [-0.1, -0.05) is 12.1 Å². The van der Waals surface area contributed by atoms with Crippen LogP contribution in [0.25, 0.3) is 0 Å². The zero-order valence-corrected chi connectivity index (χ0v) is 19.2. The lowest BCUT2D eigenvalue weighted by molar-refractivity contribution is -0.0129. The molecule has 1 aromatic rings. The fourth-order valence-electron chi connectivity index (χ4n) is 4.19. The van der Waals surface area contributed by atoms with Crippen LogP contribution in [-0.2, 0) is 14.8 Å². The molecule has 9 heteroatoms. The van der Waals surface area contributed by atoms with Gasteiger partial charge in [0, 0.05) is 31.7 Å². The maximum Gasteiger partial charge on any atom is 0.410 e. The van der Waals surface area contributed by atoms with Gasteiger partial charge in [-0.3, -0.25) is 9.69 Å². The summed E-state index contributed by atoms with van der Waals surface area (Å²) in [6.07, 6.45) is 0.647. The number of benzene rings is 1. The van der Waals surface area contributed by atoms with Crippen molar-refractivity contribution in [1.29, 1.82) is 0 Å². The third kappa shape index (κ3) is 4.24. The molecule has 0 radical (unpaired) electrons. The van der Waals surface area contributed by atoms with Crippen molar-refractivity contribution >= 4 is 21.9 Å². The summed E-state index contributed by atoms with van der Waals surface area (Å²) in [5, 5.41) is 0. The zero-order valence-electron chi connectivity index (χ0n) is 18.3. The fraction of sp³-hybridized carbons (Fsp3) is 0.619. The second-order valence-electron chi connectivity index (χ2n) is 9.03. The van der Waals surface area contributed by atoms with Crippen molar-refractivity contribution in [2.75, 3.05) is 33.2 Å². The molecule has 1 spiro atoms. The standard InChI is InChI=1S/C21H31N3O5S/c1-16(25)17-6-8-18(9-7-17)30(27,28)24-15-14-22(5)21(24)10-12-23(13-11-21)19(26)29-20(2,3)4/h6-9H,10-15H2,1-5H3. The zero-order chi connectivity index (χ0) is 22.3. The molecule has 0 aromatic heterocycles. The molecule has 2 aliphatic rings. The maximum absolute atomic E-state index is 13.4. The molecule has 2 saturated heterocycles. The van der Waals surface area contributed by atoms with E-state index >= 15 is 0 Å². The van der Waals surface area contributed by atoms with Gasteiger partial charge >= 0.3 is 6.09 Å². The van der Waals surface area contributed by atoms with Crippen LogP contribution < -0.4 is 0 Å². The molecule has 0 atom stereocenters. The van der Waals surface area contributed by atoms with Gasteiger partial charge in [-0.2, -0.15) is 4.31 Å². The molecule has 1 amide bonds. The maximum atomic E-state index is 13.4. The first-order valence-electron chi connectivity index (χ1n) is 10.2. The first-order chi connectivity index (χ1) is 13.9. The highest BCUT2D eigenvalue weighted by atomic mass is 32.2. The van der Waals surface area contributed by atoms with Crippen molar-refractivity contribution < 1.29 is 22.7 Å². The predicted molar refractivity (Wildman–Crippen MR) is 113 cm³/mol. The second kappa shape index (κ2) is 7.94. The highest BCUT2D eigenvalue weighted by molar-refractivity contribution is 7.89. The molecule has 8 nitrogen and oxygen atoms in total. The number of hydrogen-bond donors (Lipinski definition) is 0. The Morgan fingerprint density at radius 2 is 1.57 bits per heavy atom. The number of amides is 1. The van der Waals surface area contributed by atoms with E-state index in [2.05, 4.69) is 4.90 Å². The minimum atomic E-state index is -3.74. The summed E-state index contributed by atoms with van der Waals surface area (Å²) in [5.74, 6) is -0.106. The summed E-state index contributed by atoms with van der Waals surface area (Å²) in [6.45, 7) is 8.79. The van der Waals surface area contributed by atoms with E-state index in [9.17, 15) is 18.0 Å². The molecule has 0 unspecified atom stereocenters. The third-order valence-electron chi connectivity index (χ3n) is 5.88. The highest BCUT2D eigenvalue weighted by Crippen LogP contribution is 2.39. The fourth-order valence-corrected chi connectivity index (χ4v) is 6.01. The lowest BCUT2D eigenvalue weighted by Crippen LogP contribution is -2.60. The van der Waals surface area contributed by atoms with E-state index in [1.54, 1.807) is 21.3 Å². The first-order valence-corrected chi connectivity index (χ1v) is 11.6. The summed E-state index contributed by atoms with van der Waals surface area (Å²) in [7, 11) is -1.81. The monoisotopic (exact) mass is 437 g/mol. The van der Waals surface area contributed by atoms with Crippen molar-refractivity contribution in [3.05, 3.63) is 29.8 Å². The molecule has 2 fully saturated rings. The van der Waals surface area contributed by atoms with Gasteiger partial charge < -0.3 is 9.64 Å². The number of piperidine rings is 1. The van der Waals surface area contributed by atoms with E-state index < -0.39 is 21.3 Å². The van der Waals surface area contributed by atoms with E-state index in [0.717, 1.165) is 0 Å². The lowest BCUT2D eigenvalue weighted by Gasteiger charge is -2.47. The third-order valence-corrected chi connectivity index (χ3v) is 7.85. The van der Waals surface area contributed by atoms with Crippen molar-refractivity contribution in [3.63, 3.8) is 0 Å². The molecule has 30 heavy (non-hydrogen) atoms. The number of ether oxygens (including phenoxy) is 1. The summed E-state index contributed by atoms with van der Waals surface area (Å²) in [6, 6.07) is 6.08. The Balaban J connectivity index is 1.81. The number of ketones is 1. The first kappa shape index (κ1) is 22.7. The molecule has 0 saturated carbocycles.